The number of benzene rings is 1. The smallest absolute Gasteiger partial charge is 0.319 e. The van der Waals surface area contributed by atoms with Crippen molar-refractivity contribution < 1.29 is 14.6 Å². The number of hydrogen-bond donors (Lipinski definition) is 1. The van der Waals surface area contributed by atoms with Crippen molar-refractivity contribution in [2.24, 2.45) is 0 Å². The first kappa shape index (κ1) is 14.0. The van der Waals surface area contributed by atoms with E-state index in [2.05, 4.69) is 4.90 Å². The molecule has 0 aromatic heterocycles. The van der Waals surface area contributed by atoms with Gasteiger partial charge in [-0.3, -0.25) is 9.69 Å². The van der Waals surface area contributed by atoms with Gasteiger partial charge >= 0.3 is 5.97 Å². The van der Waals surface area contributed by atoms with Crippen molar-refractivity contribution in [3.05, 3.63) is 35.9 Å². The van der Waals surface area contributed by atoms with Crippen LogP contribution in [0.5, 0.6) is 0 Å². The van der Waals surface area contributed by atoms with Crippen LogP contribution in [0.4, 0.5) is 0 Å². The summed E-state index contributed by atoms with van der Waals surface area (Å²) in [5.41, 5.74) is 0.937. The molecule has 1 heterocycles. The molecular weight excluding hydrogens is 242 g/mol. The summed E-state index contributed by atoms with van der Waals surface area (Å²) < 4.78 is 4.71. The summed E-state index contributed by atoms with van der Waals surface area (Å²) in [4.78, 5) is 13.5. The van der Waals surface area contributed by atoms with Crippen molar-refractivity contribution in [1.29, 1.82) is 0 Å². The third kappa shape index (κ3) is 3.78. The molecule has 1 N–H and O–H groups in total. The van der Waals surface area contributed by atoms with Gasteiger partial charge in [-0.2, -0.15) is 0 Å². The van der Waals surface area contributed by atoms with Gasteiger partial charge in [0.25, 0.3) is 0 Å². The van der Waals surface area contributed by atoms with Gasteiger partial charge in [-0.15, -0.1) is 0 Å². The molecule has 4 heteroatoms. The highest BCUT2D eigenvalue weighted by Gasteiger charge is 2.28. The molecule has 0 amide bonds. The van der Waals surface area contributed by atoms with E-state index in [9.17, 15) is 9.90 Å². The molecule has 0 bridgehead atoms. The van der Waals surface area contributed by atoms with E-state index >= 15 is 0 Å². The van der Waals surface area contributed by atoms with Gasteiger partial charge in [0, 0.05) is 6.04 Å². The molecule has 0 saturated carbocycles. The Morgan fingerprint density at radius 3 is 2.89 bits per heavy atom. The van der Waals surface area contributed by atoms with Crippen LogP contribution in [0.2, 0.25) is 0 Å². The Morgan fingerprint density at radius 1 is 1.47 bits per heavy atom. The molecule has 2 rings (SSSR count). The number of methoxy groups -OCH3 is 1. The molecular formula is C15H21NO3. The highest BCUT2D eigenvalue weighted by Crippen LogP contribution is 2.27. The highest BCUT2D eigenvalue weighted by atomic mass is 16.5. The Morgan fingerprint density at radius 2 is 2.21 bits per heavy atom. The quantitative estimate of drug-likeness (QED) is 0.822. The van der Waals surface area contributed by atoms with Crippen molar-refractivity contribution in [3.63, 3.8) is 0 Å². The summed E-state index contributed by atoms with van der Waals surface area (Å²) in [6.07, 6.45) is 2.30. The molecule has 1 aliphatic heterocycles. The monoisotopic (exact) mass is 263 g/mol. The largest absolute Gasteiger partial charge is 0.468 e. The lowest BCUT2D eigenvalue weighted by Gasteiger charge is -2.25. The number of carbonyl (C=O) groups is 1. The van der Waals surface area contributed by atoms with Gasteiger partial charge in [-0.05, 0) is 31.4 Å². The number of rotatable bonds is 5. The Hall–Kier alpha value is -1.39. The number of likely N-dealkylation sites (tertiary alicyclic amines) is 1. The molecule has 4 nitrogen and oxygen atoms in total. The van der Waals surface area contributed by atoms with Crippen LogP contribution in [0.15, 0.2) is 30.3 Å². The SMILES string of the molecule is COC(=O)CN1CCCC1CC(O)c1ccccc1. The van der Waals surface area contributed by atoms with Crippen LogP contribution in [-0.2, 0) is 9.53 Å². The Kier molecular flexibility index (Phi) is 4.93. The van der Waals surface area contributed by atoms with Gasteiger partial charge < -0.3 is 9.84 Å². The maximum absolute atomic E-state index is 11.3. The molecule has 0 spiro atoms. The first-order valence-electron chi connectivity index (χ1n) is 6.74. The van der Waals surface area contributed by atoms with Crippen LogP contribution in [0.1, 0.15) is 30.9 Å². The van der Waals surface area contributed by atoms with Crippen LogP contribution >= 0.6 is 0 Å². The molecule has 1 saturated heterocycles. The normalized spacial score (nSPS) is 21.3. The zero-order chi connectivity index (χ0) is 13.7. The van der Waals surface area contributed by atoms with Crippen molar-refractivity contribution in [1.82, 2.24) is 4.90 Å². The van der Waals surface area contributed by atoms with Crippen LogP contribution < -0.4 is 0 Å². The fraction of sp³-hybridized carbons (Fsp3) is 0.533. The minimum absolute atomic E-state index is 0.207. The molecule has 2 atom stereocenters. The second kappa shape index (κ2) is 6.68. The Labute approximate surface area is 114 Å². The van der Waals surface area contributed by atoms with Crippen LogP contribution in [0, 0.1) is 0 Å². The summed E-state index contributed by atoms with van der Waals surface area (Å²) in [5, 5.41) is 10.2. The fourth-order valence-electron chi connectivity index (χ4n) is 2.67. The summed E-state index contributed by atoms with van der Waals surface area (Å²) in [6, 6.07) is 9.93. The summed E-state index contributed by atoms with van der Waals surface area (Å²) in [6.45, 7) is 1.23. The molecule has 1 aromatic rings. The third-order valence-electron chi connectivity index (χ3n) is 3.74. The highest BCUT2D eigenvalue weighted by molar-refractivity contribution is 5.71. The average Bonchev–Trinajstić information content (AvgIpc) is 2.86. The van der Waals surface area contributed by atoms with Crippen LogP contribution in [0.3, 0.4) is 0 Å². The third-order valence-corrected chi connectivity index (χ3v) is 3.74. The molecule has 1 aliphatic rings. The second-order valence-electron chi connectivity index (χ2n) is 5.00. The predicted molar refractivity (Wildman–Crippen MR) is 72.6 cm³/mol. The van der Waals surface area contributed by atoms with Gasteiger partial charge in [-0.1, -0.05) is 30.3 Å². The van der Waals surface area contributed by atoms with E-state index in [1.165, 1.54) is 7.11 Å². The Bertz CT molecular complexity index is 407. The van der Waals surface area contributed by atoms with E-state index < -0.39 is 6.10 Å². The maximum Gasteiger partial charge on any atom is 0.319 e. The standard InChI is InChI=1S/C15H21NO3/c1-19-15(18)11-16-9-5-8-13(16)10-14(17)12-6-3-2-4-7-12/h2-4,6-7,13-14,17H,5,8-11H2,1H3. The molecule has 104 valence electrons. The van der Waals surface area contributed by atoms with E-state index in [1.807, 2.05) is 30.3 Å². The topological polar surface area (TPSA) is 49.8 Å². The van der Waals surface area contributed by atoms with Crippen molar-refractivity contribution in [3.8, 4) is 0 Å². The molecule has 2 unspecified atom stereocenters. The lowest BCUT2D eigenvalue weighted by atomic mass is 10.0. The maximum atomic E-state index is 11.3. The molecule has 19 heavy (non-hydrogen) atoms. The van der Waals surface area contributed by atoms with Crippen LogP contribution in [0.25, 0.3) is 0 Å². The van der Waals surface area contributed by atoms with E-state index in [4.69, 9.17) is 4.74 Å². The minimum atomic E-state index is -0.468. The minimum Gasteiger partial charge on any atom is -0.468 e. The summed E-state index contributed by atoms with van der Waals surface area (Å²) in [7, 11) is 1.41. The zero-order valence-corrected chi connectivity index (χ0v) is 11.3. The van der Waals surface area contributed by atoms with Gasteiger partial charge in [0.15, 0.2) is 0 Å². The number of esters is 1. The van der Waals surface area contributed by atoms with E-state index in [0.717, 1.165) is 24.9 Å². The summed E-state index contributed by atoms with van der Waals surface area (Å²) >= 11 is 0. The first-order valence-corrected chi connectivity index (χ1v) is 6.74. The van der Waals surface area contributed by atoms with Gasteiger partial charge in [0.2, 0.25) is 0 Å². The number of nitrogens with zero attached hydrogens (tertiary/aromatic N) is 1. The molecule has 1 aromatic carbocycles. The van der Waals surface area contributed by atoms with Gasteiger partial charge in [0.05, 0.1) is 19.8 Å². The van der Waals surface area contributed by atoms with Crippen molar-refractivity contribution in [2.45, 2.75) is 31.4 Å². The molecule has 0 radical (unpaired) electrons. The fourth-order valence-corrected chi connectivity index (χ4v) is 2.67. The van der Waals surface area contributed by atoms with Gasteiger partial charge in [0.1, 0.15) is 0 Å². The lowest BCUT2D eigenvalue weighted by molar-refractivity contribution is -0.142. The average molecular weight is 263 g/mol. The van der Waals surface area contributed by atoms with Crippen molar-refractivity contribution in [2.75, 3.05) is 20.2 Å². The number of carbonyl (C=O) groups excluding carboxylic acids is 1. The number of ether oxygens (including phenoxy) is 1. The first-order chi connectivity index (χ1) is 9.20. The van der Waals surface area contributed by atoms with Gasteiger partial charge in [-0.25, -0.2) is 0 Å². The van der Waals surface area contributed by atoms with Crippen LogP contribution in [-0.4, -0.2) is 42.2 Å². The molecule has 0 aliphatic carbocycles. The van der Waals surface area contributed by atoms with E-state index in [-0.39, 0.29) is 12.0 Å². The van der Waals surface area contributed by atoms with E-state index in [0.29, 0.717) is 13.0 Å². The Balaban J connectivity index is 1.92. The zero-order valence-electron chi connectivity index (χ0n) is 11.3. The predicted octanol–water partition coefficient (Wildman–Crippen LogP) is 1.75. The molecule has 1 fully saturated rings. The van der Waals surface area contributed by atoms with Crippen molar-refractivity contribution >= 4 is 5.97 Å². The number of hydrogen-bond acceptors (Lipinski definition) is 4. The second-order valence-corrected chi connectivity index (χ2v) is 5.00. The summed E-state index contributed by atoms with van der Waals surface area (Å²) in [5.74, 6) is -0.207. The van der Waals surface area contributed by atoms with E-state index in [1.54, 1.807) is 0 Å². The number of aliphatic hydroxyl groups is 1. The number of aliphatic hydroxyl groups excluding tert-OH is 1. The lowest BCUT2D eigenvalue weighted by Crippen LogP contribution is -2.35.